The fourth-order valence-electron chi connectivity index (χ4n) is 4.49. The Morgan fingerprint density at radius 2 is 1.74 bits per heavy atom. The summed E-state index contributed by atoms with van der Waals surface area (Å²) in [5.41, 5.74) is 5.11. The molecule has 34 heavy (non-hydrogen) atoms. The predicted octanol–water partition coefficient (Wildman–Crippen LogP) is 5.07. The Hall–Kier alpha value is -3.60. The topological polar surface area (TPSA) is 58.6 Å². The number of carbonyl (C=O) groups excluding carboxylic acids is 2. The molecule has 0 aromatic heterocycles. The summed E-state index contributed by atoms with van der Waals surface area (Å²) in [7, 11) is 0. The first kappa shape index (κ1) is 23.6. The lowest BCUT2D eigenvalue weighted by molar-refractivity contribution is -0.127. The first-order valence-electron chi connectivity index (χ1n) is 11.9. The molecule has 176 valence electrons. The fourth-order valence-corrected chi connectivity index (χ4v) is 4.49. The molecule has 3 aromatic carbocycles. The summed E-state index contributed by atoms with van der Waals surface area (Å²) >= 11 is 0. The van der Waals surface area contributed by atoms with Gasteiger partial charge in [-0.3, -0.25) is 9.59 Å². The average molecular weight is 457 g/mol. The quantitative estimate of drug-likeness (QED) is 0.563. The SMILES string of the molecule is Cc1cccc(C2c3cc(OC(C)C(=O)NC(C)C)ccc3CCN2C(=O)c2ccccc2)c1. The van der Waals surface area contributed by atoms with Gasteiger partial charge in [-0.15, -0.1) is 0 Å². The summed E-state index contributed by atoms with van der Waals surface area (Å²) in [6.45, 7) is 8.29. The van der Waals surface area contributed by atoms with Crippen molar-refractivity contribution in [2.24, 2.45) is 0 Å². The molecule has 0 saturated carbocycles. The van der Waals surface area contributed by atoms with E-state index in [9.17, 15) is 9.59 Å². The highest BCUT2D eigenvalue weighted by Crippen LogP contribution is 2.38. The third-order valence-corrected chi connectivity index (χ3v) is 6.10. The molecule has 0 aliphatic carbocycles. The standard InChI is InChI=1S/C29H32N2O3/c1-19(2)30-28(32)21(4)34-25-14-13-22-15-16-31(29(33)23-10-6-5-7-11-23)27(26(22)18-25)24-12-8-9-20(3)17-24/h5-14,17-19,21,27H,15-16H2,1-4H3,(H,30,32). The van der Waals surface area contributed by atoms with E-state index in [0.717, 1.165) is 23.1 Å². The Bertz CT molecular complexity index is 1170. The second-order valence-electron chi connectivity index (χ2n) is 9.22. The van der Waals surface area contributed by atoms with Crippen LogP contribution in [-0.2, 0) is 11.2 Å². The largest absolute Gasteiger partial charge is 0.481 e. The van der Waals surface area contributed by atoms with Crippen LogP contribution in [0.3, 0.4) is 0 Å². The summed E-state index contributed by atoms with van der Waals surface area (Å²) in [5, 5.41) is 2.89. The summed E-state index contributed by atoms with van der Waals surface area (Å²) in [4.78, 5) is 27.9. The van der Waals surface area contributed by atoms with Crippen LogP contribution in [0.15, 0.2) is 72.8 Å². The van der Waals surface area contributed by atoms with Crippen molar-refractivity contribution < 1.29 is 14.3 Å². The lowest BCUT2D eigenvalue weighted by atomic mass is 9.87. The Morgan fingerprint density at radius 1 is 0.971 bits per heavy atom. The third-order valence-electron chi connectivity index (χ3n) is 6.10. The van der Waals surface area contributed by atoms with Crippen molar-refractivity contribution in [1.82, 2.24) is 10.2 Å². The molecule has 0 saturated heterocycles. The maximum absolute atomic E-state index is 13.6. The van der Waals surface area contributed by atoms with Gasteiger partial charge in [-0.1, -0.05) is 54.1 Å². The van der Waals surface area contributed by atoms with Crippen LogP contribution in [0.25, 0.3) is 0 Å². The molecule has 5 nitrogen and oxygen atoms in total. The van der Waals surface area contributed by atoms with Crippen LogP contribution >= 0.6 is 0 Å². The zero-order valence-electron chi connectivity index (χ0n) is 20.2. The van der Waals surface area contributed by atoms with E-state index < -0.39 is 6.10 Å². The number of carbonyl (C=O) groups is 2. The number of nitrogens with zero attached hydrogens (tertiary/aromatic N) is 1. The van der Waals surface area contributed by atoms with Crippen molar-refractivity contribution in [3.63, 3.8) is 0 Å². The monoisotopic (exact) mass is 456 g/mol. The van der Waals surface area contributed by atoms with Crippen LogP contribution in [0.1, 0.15) is 59.4 Å². The molecule has 1 heterocycles. The molecule has 1 aliphatic rings. The maximum atomic E-state index is 13.6. The van der Waals surface area contributed by atoms with Crippen molar-refractivity contribution in [2.45, 2.75) is 52.3 Å². The summed E-state index contributed by atoms with van der Waals surface area (Å²) in [6.07, 6.45) is 0.142. The molecule has 2 atom stereocenters. The maximum Gasteiger partial charge on any atom is 0.260 e. The van der Waals surface area contributed by atoms with E-state index in [1.54, 1.807) is 6.92 Å². The smallest absolute Gasteiger partial charge is 0.260 e. The molecular formula is C29H32N2O3. The first-order chi connectivity index (χ1) is 16.3. The van der Waals surface area contributed by atoms with Crippen molar-refractivity contribution in [3.05, 3.63) is 101 Å². The van der Waals surface area contributed by atoms with Gasteiger partial charge in [0.2, 0.25) is 0 Å². The van der Waals surface area contributed by atoms with Crippen LogP contribution in [0.4, 0.5) is 0 Å². The second kappa shape index (κ2) is 10.1. The minimum atomic E-state index is -0.622. The Kier molecular flexibility index (Phi) is 7.01. The molecule has 3 aromatic rings. The lowest BCUT2D eigenvalue weighted by Gasteiger charge is -2.38. The Labute approximate surface area is 201 Å². The number of benzene rings is 3. The van der Waals surface area contributed by atoms with Gasteiger partial charge in [0.15, 0.2) is 6.10 Å². The highest BCUT2D eigenvalue weighted by Gasteiger charge is 2.33. The molecule has 1 N–H and O–H groups in total. The molecule has 2 amide bonds. The lowest BCUT2D eigenvalue weighted by Crippen LogP contribution is -2.41. The van der Waals surface area contributed by atoms with E-state index in [4.69, 9.17) is 4.74 Å². The number of rotatable bonds is 6. The summed E-state index contributed by atoms with van der Waals surface area (Å²) < 4.78 is 6.02. The van der Waals surface area contributed by atoms with E-state index in [1.807, 2.05) is 67.3 Å². The van der Waals surface area contributed by atoms with Gasteiger partial charge >= 0.3 is 0 Å². The van der Waals surface area contributed by atoms with E-state index in [1.165, 1.54) is 5.56 Å². The van der Waals surface area contributed by atoms with Crippen LogP contribution in [0, 0.1) is 6.92 Å². The highest BCUT2D eigenvalue weighted by molar-refractivity contribution is 5.95. The van der Waals surface area contributed by atoms with E-state index in [2.05, 4.69) is 36.5 Å². The van der Waals surface area contributed by atoms with Gasteiger partial charge in [0.1, 0.15) is 5.75 Å². The number of ether oxygens (including phenoxy) is 1. The molecule has 2 unspecified atom stereocenters. The molecule has 4 rings (SSSR count). The van der Waals surface area contributed by atoms with E-state index in [-0.39, 0.29) is 23.9 Å². The first-order valence-corrected chi connectivity index (χ1v) is 11.9. The molecule has 0 fully saturated rings. The minimum absolute atomic E-state index is 0.00811. The number of fused-ring (bicyclic) bond motifs is 1. The second-order valence-corrected chi connectivity index (χ2v) is 9.22. The molecule has 0 spiro atoms. The predicted molar refractivity (Wildman–Crippen MR) is 134 cm³/mol. The van der Waals surface area contributed by atoms with Crippen LogP contribution in [0.2, 0.25) is 0 Å². The van der Waals surface area contributed by atoms with E-state index >= 15 is 0 Å². The van der Waals surface area contributed by atoms with Gasteiger partial charge in [-0.2, -0.15) is 0 Å². The molecule has 1 aliphatic heterocycles. The van der Waals surface area contributed by atoms with Gasteiger partial charge in [-0.25, -0.2) is 0 Å². The van der Waals surface area contributed by atoms with Crippen molar-refractivity contribution in [2.75, 3.05) is 6.54 Å². The Morgan fingerprint density at radius 3 is 2.44 bits per heavy atom. The fraction of sp³-hybridized carbons (Fsp3) is 0.310. The summed E-state index contributed by atoms with van der Waals surface area (Å²) in [6, 6.07) is 23.5. The van der Waals surface area contributed by atoms with Crippen LogP contribution in [-0.4, -0.2) is 35.4 Å². The number of hydrogen-bond donors (Lipinski definition) is 1. The van der Waals surface area contributed by atoms with Crippen LogP contribution in [0.5, 0.6) is 5.75 Å². The molecule has 0 radical (unpaired) electrons. The van der Waals surface area contributed by atoms with Gasteiger partial charge in [-0.05, 0) is 75.1 Å². The minimum Gasteiger partial charge on any atom is -0.481 e. The van der Waals surface area contributed by atoms with Crippen LogP contribution < -0.4 is 10.1 Å². The van der Waals surface area contributed by atoms with E-state index in [0.29, 0.717) is 17.9 Å². The van der Waals surface area contributed by atoms with Crippen molar-refractivity contribution in [1.29, 1.82) is 0 Å². The summed E-state index contributed by atoms with van der Waals surface area (Å²) in [5.74, 6) is 0.481. The number of aryl methyl sites for hydroxylation is 1. The highest BCUT2D eigenvalue weighted by atomic mass is 16.5. The van der Waals surface area contributed by atoms with Gasteiger partial charge in [0.25, 0.3) is 11.8 Å². The number of hydrogen-bond acceptors (Lipinski definition) is 3. The molecule has 5 heteroatoms. The van der Waals surface area contributed by atoms with Crippen molar-refractivity contribution in [3.8, 4) is 5.75 Å². The van der Waals surface area contributed by atoms with Gasteiger partial charge in [0.05, 0.1) is 6.04 Å². The zero-order valence-corrected chi connectivity index (χ0v) is 20.2. The Balaban J connectivity index is 1.72. The van der Waals surface area contributed by atoms with Gasteiger partial charge < -0.3 is 15.0 Å². The third kappa shape index (κ3) is 5.14. The zero-order chi connectivity index (χ0) is 24.2. The normalized spacial score (nSPS) is 16.0. The van der Waals surface area contributed by atoms with Crippen molar-refractivity contribution >= 4 is 11.8 Å². The van der Waals surface area contributed by atoms with Gasteiger partial charge in [0, 0.05) is 18.2 Å². The average Bonchev–Trinajstić information content (AvgIpc) is 2.83. The number of amides is 2. The number of nitrogens with one attached hydrogen (secondary N) is 1. The molecular weight excluding hydrogens is 424 g/mol. The molecule has 0 bridgehead atoms.